The van der Waals surface area contributed by atoms with Crippen molar-refractivity contribution < 1.29 is 17.6 Å². The number of hydrogen-bond donors (Lipinski definition) is 3. The van der Waals surface area contributed by atoms with E-state index in [1.54, 1.807) is 24.3 Å². The molecule has 0 saturated carbocycles. The average molecular weight is 489 g/mol. The first-order valence-corrected chi connectivity index (χ1v) is 12.7. The number of nitrogens with one attached hydrogen (secondary N) is 2. The second kappa shape index (κ2) is 9.73. The van der Waals surface area contributed by atoms with Crippen molar-refractivity contribution >= 4 is 50.8 Å². The molecule has 0 spiro atoms. The van der Waals surface area contributed by atoms with Gasteiger partial charge in [0.15, 0.2) is 11.6 Å². The number of anilines is 4. The average Bonchev–Trinajstić information content (AvgIpc) is 2.82. The molecular weight excluding hydrogens is 467 g/mol. The number of sulfonamides is 1. The quantitative estimate of drug-likeness (QED) is 0.483. The molecule has 2 aromatic carbocycles. The predicted octanol–water partition coefficient (Wildman–Crippen LogP) is 2.94. The van der Waals surface area contributed by atoms with Crippen LogP contribution in [0.25, 0.3) is 0 Å². The van der Waals surface area contributed by atoms with Gasteiger partial charge in [-0.3, -0.25) is 4.79 Å². The van der Waals surface area contributed by atoms with Gasteiger partial charge in [-0.15, -0.1) is 0 Å². The van der Waals surface area contributed by atoms with Gasteiger partial charge in [-0.2, -0.15) is 16.7 Å². The molecule has 1 saturated heterocycles. The molecule has 2 heterocycles. The van der Waals surface area contributed by atoms with Crippen LogP contribution in [-0.2, 0) is 10.0 Å². The second-order valence-corrected chi connectivity index (χ2v) is 9.98. The van der Waals surface area contributed by atoms with Gasteiger partial charge >= 0.3 is 0 Å². The fourth-order valence-electron chi connectivity index (χ4n) is 3.15. The van der Waals surface area contributed by atoms with Crippen LogP contribution in [0, 0.1) is 5.82 Å². The zero-order chi connectivity index (χ0) is 23.4. The van der Waals surface area contributed by atoms with Crippen LogP contribution in [0.4, 0.5) is 27.5 Å². The van der Waals surface area contributed by atoms with Crippen LogP contribution in [0.3, 0.4) is 0 Å². The number of nitrogens with two attached hydrogens (primary N) is 1. The highest BCUT2D eigenvalue weighted by Gasteiger charge is 2.18. The zero-order valence-electron chi connectivity index (χ0n) is 17.4. The zero-order valence-corrected chi connectivity index (χ0v) is 19.0. The minimum Gasteiger partial charge on any atom is -0.338 e. The molecule has 12 heteroatoms. The number of benzene rings is 2. The molecule has 33 heavy (non-hydrogen) atoms. The lowest BCUT2D eigenvalue weighted by molar-refractivity contribution is 0.0772. The minimum absolute atomic E-state index is 0.0185. The van der Waals surface area contributed by atoms with E-state index >= 15 is 0 Å². The maximum atomic E-state index is 14.3. The van der Waals surface area contributed by atoms with E-state index in [0.717, 1.165) is 30.8 Å². The fourth-order valence-corrected chi connectivity index (χ4v) is 4.57. The monoisotopic (exact) mass is 488 g/mol. The molecule has 0 atom stereocenters. The molecule has 4 N–H and O–H groups in total. The molecule has 0 aliphatic carbocycles. The van der Waals surface area contributed by atoms with Gasteiger partial charge < -0.3 is 15.5 Å². The fraction of sp³-hybridized carbons (Fsp3) is 0.190. The number of aromatic nitrogens is 2. The summed E-state index contributed by atoms with van der Waals surface area (Å²) in [4.78, 5) is 22.4. The lowest BCUT2D eigenvalue weighted by Gasteiger charge is -2.26. The van der Waals surface area contributed by atoms with E-state index in [-0.39, 0.29) is 22.6 Å². The van der Waals surface area contributed by atoms with Crippen LogP contribution in [0.5, 0.6) is 0 Å². The number of rotatable bonds is 6. The maximum absolute atomic E-state index is 14.3. The second-order valence-electron chi connectivity index (χ2n) is 7.19. The van der Waals surface area contributed by atoms with Crippen LogP contribution in [-0.4, -0.2) is 53.8 Å². The van der Waals surface area contributed by atoms with Gasteiger partial charge in [-0.05, 0) is 48.5 Å². The Balaban J connectivity index is 1.45. The number of primary sulfonamides is 1. The highest BCUT2D eigenvalue weighted by molar-refractivity contribution is 7.99. The van der Waals surface area contributed by atoms with Crippen molar-refractivity contribution in [3.05, 3.63) is 66.1 Å². The van der Waals surface area contributed by atoms with Crippen LogP contribution in [0.2, 0.25) is 0 Å². The number of amides is 1. The number of carbonyl (C=O) groups is 1. The lowest BCUT2D eigenvalue weighted by atomic mass is 10.1. The van der Waals surface area contributed by atoms with Crippen molar-refractivity contribution in [2.45, 2.75) is 4.90 Å². The van der Waals surface area contributed by atoms with Crippen LogP contribution < -0.4 is 15.8 Å². The summed E-state index contributed by atoms with van der Waals surface area (Å²) in [7, 11) is -3.80. The summed E-state index contributed by atoms with van der Waals surface area (Å²) in [5.41, 5.74) is 1.63. The minimum atomic E-state index is -3.80. The molecule has 172 valence electrons. The number of halogens is 1. The van der Waals surface area contributed by atoms with E-state index in [0.29, 0.717) is 16.9 Å². The van der Waals surface area contributed by atoms with Crippen LogP contribution >= 0.6 is 11.8 Å². The molecular formula is C21H21FN6O3S2. The molecule has 1 aromatic heterocycles. The first kappa shape index (κ1) is 23.0. The molecule has 0 bridgehead atoms. The van der Waals surface area contributed by atoms with Crippen molar-refractivity contribution in [3.8, 4) is 0 Å². The largest absolute Gasteiger partial charge is 0.338 e. The SMILES string of the molecule is NS(=O)(=O)c1ccc(Nc2ncc(F)c(Nc3ccc(C(=O)N4CCSCC4)cc3)n2)cc1. The van der Waals surface area contributed by atoms with Gasteiger partial charge in [-0.1, -0.05) is 0 Å². The van der Waals surface area contributed by atoms with E-state index in [2.05, 4.69) is 20.6 Å². The van der Waals surface area contributed by atoms with E-state index in [1.807, 2.05) is 16.7 Å². The van der Waals surface area contributed by atoms with Crippen LogP contribution in [0.15, 0.2) is 59.6 Å². The van der Waals surface area contributed by atoms with Crippen molar-refractivity contribution in [2.75, 3.05) is 35.2 Å². The number of carbonyl (C=O) groups excluding carboxylic acids is 1. The van der Waals surface area contributed by atoms with Crippen LogP contribution in [0.1, 0.15) is 10.4 Å². The topological polar surface area (TPSA) is 130 Å². The first-order valence-electron chi connectivity index (χ1n) is 9.96. The van der Waals surface area contributed by atoms with Crippen molar-refractivity contribution in [3.63, 3.8) is 0 Å². The smallest absolute Gasteiger partial charge is 0.253 e. The van der Waals surface area contributed by atoms with Crippen molar-refractivity contribution in [2.24, 2.45) is 5.14 Å². The summed E-state index contributed by atoms with van der Waals surface area (Å²) >= 11 is 1.83. The predicted molar refractivity (Wildman–Crippen MR) is 126 cm³/mol. The molecule has 1 aliphatic heterocycles. The molecule has 3 aromatic rings. The number of hydrogen-bond acceptors (Lipinski definition) is 8. The third-order valence-electron chi connectivity index (χ3n) is 4.88. The van der Waals surface area contributed by atoms with Crippen molar-refractivity contribution in [1.29, 1.82) is 0 Å². The number of nitrogens with zero attached hydrogens (tertiary/aromatic N) is 3. The Hall–Kier alpha value is -3.22. The lowest BCUT2D eigenvalue weighted by Crippen LogP contribution is -2.37. The Labute approximate surface area is 194 Å². The maximum Gasteiger partial charge on any atom is 0.253 e. The summed E-state index contributed by atoms with van der Waals surface area (Å²) in [6.07, 6.45) is 1.02. The Morgan fingerprint density at radius 1 is 1.00 bits per heavy atom. The third-order valence-corrected chi connectivity index (χ3v) is 6.75. The van der Waals surface area contributed by atoms with Gasteiger partial charge in [0.25, 0.3) is 5.91 Å². The normalized spacial score (nSPS) is 14.1. The van der Waals surface area contributed by atoms with E-state index < -0.39 is 15.8 Å². The summed E-state index contributed by atoms with van der Waals surface area (Å²) in [5.74, 6) is 1.25. The molecule has 0 unspecified atom stereocenters. The van der Waals surface area contributed by atoms with Gasteiger partial charge in [0, 0.05) is 41.5 Å². The Kier molecular flexibility index (Phi) is 6.77. The molecule has 0 radical (unpaired) electrons. The van der Waals surface area contributed by atoms with Gasteiger partial charge in [0.1, 0.15) is 0 Å². The van der Waals surface area contributed by atoms with Gasteiger partial charge in [0.05, 0.1) is 11.1 Å². The third kappa shape index (κ3) is 5.78. The summed E-state index contributed by atoms with van der Waals surface area (Å²) in [6, 6.07) is 12.4. The molecule has 1 amide bonds. The van der Waals surface area contributed by atoms with E-state index in [9.17, 15) is 17.6 Å². The summed E-state index contributed by atoms with van der Waals surface area (Å²) < 4.78 is 37.0. The van der Waals surface area contributed by atoms with Crippen molar-refractivity contribution in [1.82, 2.24) is 14.9 Å². The molecule has 1 aliphatic rings. The Morgan fingerprint density at radius 2 is 1.61 bits per heavy atom. The number of thioether (sulfide) groups is 1. The highest BCUT2D eigenvalue weighted by atomic mass is 32.2. The molecule has 4 rings (SSSR count). The first-order chi connectivity index (χ1) is 15.8. The van der Waals surface area contributed by atoms with Gasteiger partial charge in [0.2, 0.25) is 16.0 Å². The summed E-state index contributed by atoms with van der Waals surface area (Å²) in [5, 5.41) is 10.9. The van der Waals surface area contributed by atoms with E-state index in [4.69, 9.17) is 5.14 Å². The summed E-state index contributed by atoms with van der Waals surface area (Å²) in [6.45, 7) is 1.46. The Morgan fingerprint density at radius 3 is 2.24 bits per heavy atom. The standard InChI is InChI=1S/C21H21FN6O3S2/c22-18-13-24-21(26-16-5-7-17(8-6-16)33(23,30)31)27-19(18)25-15-3-1-14(2-4-15)20(29)28-9-11-32-12-10-28/h1-8,13H,9-12H2,(H2,23,30,31)(H2,24,25,26,27). The highest BCUT2D eigenvalue weighted by Crippen LogP contribution is 2.22. The van der Waals surface area contributed by atoms with Gasteiger partial charge in [-0.25, -0.2) is 22.9 Å². The Bertz CT molecular complexity index is 1250. The molecule has 9 nitrogen and oxygen atoms in total. The van der Waals surface area contributed by atoms with E-state index in [1.165, 1.54) is 24.3 Å². The molecule has 1 fully saturated rings.